The molecule has 0 amide bonds. The van der Waals surface area contributed by atoms with Gasteiger partial charge in [0.1, 0.15) is 5.82 Å². The van der Waals surface area contributed by atoms with Gasteiger partial charge in [-0.3, -0.25) is 14.7 Å². The number of halogens is 1. The predicted octanol–water partition coefficient (Wildman–Crippen LogP) is 3.75. The number of aryl methyl sites for hydroxylation is 3. The van der Waals surface area contributed by atoms with Gasteiger partial charge in [-0.15, -0.1) is 0 Å². The molecule has 2 aromatic carbocycles. The first kappa shape index (κ1) is 17.9. The highest BCUT2D eigenvalue weighted by molar-refractivity contribution is 6.03. The summed E-state index contributed by atoms with van der Waals surface area (Å²) in [6.45, 7) is 5.85. The summed E-state index contributed by atoms with van der Waals surface area (Å²) in [7, 11) is 0. The summed E-state index contributed by atoms with van der Waals surface area (Å²) < 4.78 is 14.8. The van der Waals surface area contributed by atoms with Crippen LogP contribution in [0.3, 0.4) is 0 Å². The number of aliphatic imine (C=N–C) groups is 1. The van der Waals surface area contributed by atoms with E-state index in [1.165, 1.54) is 28.3 Å². The quantitative estimate of drug-likeness (QED) is 0.714. The van der Waals surface area contributed by atoms with Crippen LogP contribution in [0.4, 0.5) is 16.0 Å². The number of anilines is 2. The second-order valence-electron chi connectivity index (χ2n) is 6.88. The Morgan fingerprint density at radius 2 is 1.79 bits per heavy atom. The van der Waals surface area contributed by atoms with Crippen molar-refractivity contribution >= 4 is 17.6 Å². The molecule has 0 saturated carbocycles. The van der Waals surface area contributed by atoms with E-state index in [9.17, 15) is 9.18 Å². The van der Waals surface area contributed by atoms with Crippen LogP contribution in [0.25, 0.3) is 0 Å². The van der Waals surface area contributed by atoms with E-state index in [0.29, 0.717) is 23.2 Å². The van der Waals surface area contributed by atoms with Gasteiger partial charge >= 0.3 is 0 Å². The van der Waals surface area contributed by atoms with Crippen LogP contribution in [0.15, 0.2) is 58.3 Å². The number of benzene rings is 2. The Bertz CT molecular complexity index is 1130. The molecule has 7 heteroatoms. The third-order valence-corrected chi connectivity index (χ3v) is 4.74. The van der Waals surface area contributed by atoms with Gasteiger partial charge in [-0.1, -0.05) is 18.2 Å². The molecule has 0 unspecified atom stereocenters. The molecule has 3 aromatic rings. The Morgan fingerprint density at radius 1 is 1.04 bits per heavy atom. The molecule has 1 aromatic heterocycles. The maximum Gasteiger partial charge on any atom is 0.257 e. The van der Waals surface area contributed by atoms with Crippen LogP contribution in [0.5, 0.6) is 0 Å². The molecule has 142 valence electrons. The van der Waals surface area contributed by atoms with E-state index in [4.69, 9.17) is 0 Å². The molecule has 1 atom stereocenters. The van der Waals surface area contributed by atoms with Crippen LogP contribution in [-0.2, 0) is 0 Å². The minimum absolute atomic E-state index is 0.224. The molecule has 0 fully saturated rings. The van der Waals surface area contributed by atoms with Gasteiger partial charge in [0.15, 0.2) is 6.17 Å². The fourth-order valence-corrected chi connectivity index (χ4v) is 3.13. The Hall–Kier alpha value is -3.48. The van der Waals surface area contributed by atoms with E-state index in [-0.39, 0.29) is 11.4 Å². The molecule has 28 heavy (non-hydrogen) atoms. The molecule has 0 radical (unpaired) electrons. The molecular weight excluding hydrogens is 357 g/mol. The lowest BCUT2D eigenvalue weighted by molar-refractivity contribution is 0.573. The summed E-state index contributed by atoms with van der Waals surface area (Å²) in [6, 6.07) is 13.4. The summed E-state index contributed by atoms with van der Waals surface area (Å²) in [5, 5.41) is 6.34. The molecule has 6 nitrogen and oxygen atoms in total. The predicted molar refractivity (Wildman–Crippen MR) is 108 cm³/mol. The molecule has 2 N–H and O–H groups in total. The van der Waals surface area contributed by atoms with Crippen LogP contribution in [0, 0.1) is 26.6 Å². The molecule has 0 aliphatic carbocycles. The maximum atomic E-state index is 13.4. The summed E-state index contributed by atoms with van der Waals surface area (Å²) in [6.07, 6.45) is -0.647. The van der Waals surface area contributed by atoms with Crippen LogP contribution in [0.1, 0.15) is 28.6 Å². The number of rotatable bonds is 2. The van der Waals surface area contributed by atoms with Gasteiger partial charge in [0.05, 0.1) is 0 Å². The highest BCUT2D eigenvalue weighted by atomic mass is 19.1. The number of nitrogens with zero attached hydrogens (tertiary/aromatic N) is 3. The monoisotopic (exact) mass is 377 g/mol. The van der Waals surface area contributed by atoms with Crippen molar-refractivity contribution < 1.29 is 4.39 Å². The number of nitrogens with one attached hydrogen (secondary N) is 2. The Morgan fingerprint density at radius 3 is 2.50 bits per heavy atom. The zero-order chi connectivity index (χ0) is 19.8. The van der Waals surface area contributed by atoms with Gasteiger partial charge in [-0.25, -0.2) is 14.4 Å². The number of hydrogen-bond acceptors (Lipinski definition) is 5. The van der Waals surface area contributed by atoms with Gasteiger partial charge in [0.2, 0.25) is 11.9 Å². The van der Waals surface area contributed by atoms with Crippen LogP contribution < -0.4 is 16.2 Å². The number of guanidine groups is 1. The van der Waals surface area contributed by atoms with E-state index in [0.717, 1.165) is 11.3 Å². The molecule has 0 spiro atoms. The largest absolute Gasteiger partial charge is 0.326 e. The molecule has 1 aliphatic heterocycles. The van der Waals surface area contributed by atoms with Crippen molar-refractivity contribution in [3.8, 4) is 0 Å². The third kappa shape index (κ3) is 3.38. The fraction of sp³-hybridized carbons (Fsp3) is 0.190. The average Bonchev–Trinajstić information content (AvgIpc) is 2.64. The maximum absolute atomic E-state index is 13.4. The van der Waals surface area contributed by atoms with Crippen molar-refractivity contribution in [2.24, 2.45) is 4.99 Å². The molecule has 4 rings (SSSR count). The van der Waals surface area contributed by atoms with Crippen molar-refractivity contribution in [2.45, 2.75) is 26.9 Å². The van der Waals surface area contributed by atoms with E-state index < -0.39 is 6.17 Å². The van der Waals surface area contributed by atoms with E-state index >= 15 is 0 Å². The minimum Gasteiger partial charge on any atom is -0.326 e. The third-order valence-electron chi connectivity index (χ3n) is 4.74. The number of aromatic nitrogens is 2. The minimum atomic E-state index is -0.647. The summed E-state index contributed by atoms with van der Waals surface area (Å²) >= 11 is 0. The first-order chi connectivity index (χ1) is 13.4. The molecule has 2 heterocycles. The standard InChI is InChI=1S/C21H20FN5O/c1-12-4-9-17(10-13(12)2)24-20-25-19(15-5-7-16(22)8-6-15)27-18(28)11-14(3)23-21(27)26-20/h4-11,19H,1-3H3,(H2,23,24,25,26)/t19-/m0/s1. The first-order valence-corrected chi connectivity index (χ1v) is 8.95. The van der Waals surface area contributed by atoms with Gasteiger partial charge in [0, 0.05) is 17.4 Å². The van der Waals surface area contributed by atoms with Crippen molar-refractivity contribution in [2.75, 3.05) is 10.6 Å². The van der Waals surface area contributed by atoms with Crippen LogP contribution in [0.2, 0.25) is 0 Å². The first-order valence-electron chi connectivity index (χ1n) is 8.95. The Balaban J connectivity index is 1.78. The SMILES string of the molecule is Cc1cc(=O)n2c(n1)NC(Nc1ccc(C)c(C)c1)=N[C@@H]2c1ccc(F)cc1. The van der Waals surface area contributed by atoms with Crippen molar-refractivity contribution in [1.82, 2.24) is 9.55 Å². The zero-order valence-electron chi connectivity index (χ0n) is 15.8. The number of hydrogen-bond donors (Lipinski definition) is 2. The van der Waals surface area contributed by atoms with Gasteiger partial charge in [-0.2, -0.15) is 0 Å². The Kier molecular flexibility index (Phi) is 4.43. The highest BCUT2D eigenvalue weighted by Gasteiger charge is 2.25. The van der Waals surface area contributed by atoms with Crippen LogP contribution >= 0.6 is 0 Å². The van der Waals surface area contributed by atoms with Gasteiger partial charge in [0.25, 0.3) is 5.56 Å². The molecular formula is C21H20FN5O. The van der Waals surface area contributed by atoms with Crippen molar-refractivity contribution in [3.05, 3.63) is 87.1 Å². The lowest BCUT2D eigenvalue weighted by Gasteiger charge is -2.27. The van der Waals surface area contributed by atoms with Gasteiger partial charge in [-0.05, 0) is 61.7 Å². The molecule has 0 bridgehead atoms. The highest BCUT2D eigenvalue weighted by Crippen LogP contribution is 2.26. The van der Waals surface area contributed by atoms with E-state index in [2.05, 4.69) is 27.5 Å². The lowest BCUT2D eigenvalue weighted by Crippen LogP contribution is -2.37. The van der Waals surface area contributed by atoms with E-state index in [1.807, 2.05) is 25.1 Å². The second-order valence-corrected chi connectivity index (χ2v) is 6.88. The van der Waals surface area contributed by atoms with E-state index in [1.54, 1.807) is 19.1 Å². The van der Waals surface area contributed by atoms with Crippen molar-refractivity contribution in [1.29, 1.82) is 0 Å². The normalized spacial score (nSPS) is 15.4. The molecule has 0 saturated heterocycles. The van der Waals surface area contributed by atoms with Crippen molar-refractivity contribution in [3.63, 3.8) is 0 Å². The topological polar surface area (TPSA) is 71.3 Å². The number of fused-ring (bicyclic) bond motifs is 1. The average molecular weight is 377 g/mol. The lowest BCUT2D eigenvalue weighted by atomic mass is 10.1. The van der Waals surface area contributed by atoms with Crippen LogP contribution in [-0.4, -0.2) is 15.5 Å². The zero-order valence-corrected chi connectivity index (χ0v) is 15.8. The summed E-state index contributed by atoms with van der Waals surface area (Å²) in [5.74, 6) is 0.514. The second kappa shape index (κ2) is 6.92. The summed E-state index contributed by atoms with van der Waals surface area (Å²) in [4.78, 5) is 21.7. The fourth-order valence-electron chi connectivity index (χ4n) is 3.13. The smallest absolute Gasteiger partial charge is 0.257 e. The molecule has 1 aliphatic rings. The Labute approximate surface area is 161 Å². The summed E-state index contributed by atoms with van der Waals surface area (Å²) in [5.41, 5.74) is 4.30. The van der Waals surface area contributed by atoms with Gasteiger partial charge < -0.3 is 5.32 Å².